The van der Waals surface area contributed by atoms with E-state index in [1.165, 1.54) is 32.6 Å². The molecule has 0 heterocycles. The Morgan fingerprint density at radius 3 is 2.73 bits per heavy atom. The largest absolute Gasteiger partial charge is 0.462 e. The Morgan fingerprint density at radius 2 is 2.07 bits per heavy atom. The van der Waals surface area contributed by atoms with Crippen LogP contribution in [-0.2, 0) is 9.53 Å². The predicted molar refractivity (Wildman–Crippen MR) is 59.4 cm³/mol. The molecule has 2 fully saturated rings. The molecule has 0 N–H and O–H groups in total. The molecule has 2 aliphatic rings. The second-order valence-electron chi connectivity index (χ2n) is 5.66. The third-order valence-corrected chi connectivity index (χ3v) is 4.69. The maximum atomic E-state index is 11.1. The second-order valence-corrected chi connectivity index (χ2v) is 5.66. The molecule has 15 heavy (non-hydrogen) atoms. The first kappa shape index (κ1) is 11.0. The van der Waals surface area contributed by atoms with Crippen LogP contribution in [0.15, 0.2) is 0 Å². The SMILES string of the molecule is CC(=O)OC1CCC2C(C)CCCC12C. The van der Waals surface area contributed by atoms with E-state index in [0.717, 1.165) is 18.3 Å². The number of esters is 1. The van der Waals surface area contributed by atoms with Crippen LogP contribution in [0.3, 0.4) is 0 Å². The van der Waals surface area contributed by atoms with Gasteiger partial charge in [0.1, 0.15) is 6.10 Å². The minimum atomic E-state index is -0.111. The maximum Gasteiger partial charge on any atom is 0.302 e. The van der Waals surface area contributed by atoms with Crippen molar-refractivity contribution in [1.29, 1.82) is 0 Å². The molecule has 0 aromatic rings. The quantitative estimate of drug-likeness (QED) is 0.621. The fourth-order valence-electron chi connectivity index (χ4n) is 3.91. The van der Waals surface area contributed by atoms with Crippen molar-refractivity contribution in [3.05, 3.63) is 0 Å². The van der Waals surface area contributed by atoms with Crippen LogP contribution in [-0.4, -0.2) is 12.1 Å². The molecule has 0 amide bonds. The zero-order valence-corrected chi connectivity index (χ0v) is 10.1. The second kappa shape index (κ2) is 3.80. The number of hydrogen-bond acceptors (Lipinski definition) is 2. The van der Waals surface area contributed by atoms with Gasteiger partial charge in [-0.1, -0.05) is 26.7 Å². The number of rotatable bonds is 1. The van der Waals surface area contributed by atoms with Gasteiger partial charge in [-0.2, -0.15) is 0 Å². The smallest absolute Gasteiger partial charge is 0.302 e. The molecule has 2 rings (SSSR count). The molecular weight excluding hydrogens is 188 g/mol. The van der Waals surface area contributed by atoms with Crippen LogP contribution in [0.2, 0.25) is 0 Å². The summed E-state index contributed by atoms with van der Waals surface area (Å²) >= 11 is 0. The normalized spacial score (nSPS) is 44.9. The van der Waals surface area contributed by atoms with Gasteiger partial charge in [0.2, 0.25) is 0 Å². The first-order chi connectivity index (χ1) is 7.04. The molecule has 0 radical (unpaired) electrons. The molecule has 86 valence electrons. The Bertz CT molecular complexity index is 261. The molecule has 2 nitrogen and oxygen atoms in total. The zero-order chi connectivity index (χ0) is 11.1. The van der Waals surface area contributed by atoms with Gasteiger partial charge in [0.25, 0.3) is 0 Å². The number of fused-ring (bicyclic) bond motifs is 1. The summed E-state index contributed by atoms with van der Waals surface area (Å²) < 4.78 is 5.49. The van der Waals surface area contributed by atoms with Gasteiger partial charge in [-0.05, 0) is 31.1 Å². The highest BCUT2D eigenvalue weighted by atomic mass is 16.5. The first-order valence-corrected chi connectivity index (χ1v) is 6.21. The molecule has 0 spiro atoms. The molecule has 2 heteroatoms. The maximum absolute atomic E-state index is 11.1. The van der Waals surface area contributed by atoms with Crippen LogP contribution >= 0.6 is 0 Å². The number of hydrogen-bond donors (Lipinski definition) is 0. The van der Waals surface area contributed by atoms with Crippen molar-refractivity contribution >= 4 is 5.97 Å². The summed E-state index contributed by atoms with van der Waals surface area (Å²) in [4.78, 5) is 11.1. The van der Waals surface area contributed by atoms with Crippen molar-refractivity contribution in [1.82, 2.24) is 0 Å². The highest BCUT2D eigenvalue weighted by molar-refractivity contribution is 5.66. The number of ether oxygens (including phenoxy) is 1. The standard InChI is InChI=1S/C13H22O2/c1-9-5-4-8-13(3)11(9)6-7-12(13)15-10(2)14/h9,11-12H,4-8H2,1-3H3. The van der Waals surface area contributed by atoms with Crippen molar-refractivity contribution in [3.8, 4) is 0 Å². The average Bonchev–Trinajstić information content (AvgIpc) is 2.44. The van der Waals surface area contributed by atoms with Gasteiger partial charge < -0.3 is 4.74 Å². The molecule has 4 atom stereocenters. The Balaban J connectivity index is 2.13. The molecule has 0 saturated heterocycles. The van der Waals surface area contributed by atoms with E-state index in [1.54, 1.807) is 0 Å². The van der Waals surface area contributed by atoms with E-state index in [9.17, 15) is 4.79 Å². The molecule has 0 aromatic heterocycles. The minimum Gasteiger partial charge on any atom is -0.462 e. The summed E-state index contributed by atoms with van der Waals surface area (Å²) in [5, 5.41) is 0. The summed E-state index contributed by atoms with van der Waals surface area (Å²) in [5.74, 6) is 1.47. The summed E-state index contributed by atoms with van der Waals surface area (Å²) in [6, 6.07) is 0. The lowest BCUT2D eigenvalue weighted by atomic mass is 9.64. The van der Waals surface area contributed by atoms with E-state index in [4.69, 9.17) is 4.74 Å². The van der Waals surface area contributed by atoms with Crippen molar-refractivity contribution in [2.24, 2.45) is 17.3 Å². The van der Waals surface area contributed by atoms with Crippen LogP contribution in [0.25, 0.3) is 0 Å². The van der Waals surface area contributed by atoms with Crippen molar-refractivity contribution in [2.75, 3.05) is 0 Å². The third kappa shape index (κ3) is 1.79. The molecule has 0 aromatic carbocycles. The molecule has 2 saturated carbocycles. The van der Waals surface area contributed by atoms with Gasteiger partial charge in [0.05, 0.1) is 0 Å². The Hall–Kier alpha value is -0.530. The van der Waals surface area contributed by atoms with Crippen LogP contribution < -0.4 is 0 Å². The van der Waals surface area contributed by atoms with Crippen molar-refractivity contribution in [3.63, 3.8) is 0 Å². The fraction of sp³-hybridized carbons (Fsp3) is 0.923. The van der Waals surface area contributed by atoms with Crippen LogP contribution in [0.5, 0.6) is 0 Å². The fourth-order valence-corrected chi connectivity index (χ4v) is 3.91. The van der Waals surface area contributed by atoms with E-state index in [2.05, 4.69) is 13.8 Å². The third-order valence-electron chi connectivity index (χ3n) is 4.69. The van der Waals surface area contributed by atoms with E-state index >= 15 is 0 Å². The molecule has 2 aliphatic carbocycles. The molecular formula is C13H22O2. The van der Waals surface area contributed by atoms with Crippen LogP contribution in [0, 0.1) is 17.3 Å². The Morgan fingerprint density at radius 1 is 1.33 bits per heavy atom. The summed E-state index contributed by atoms with van der Waals surface area (Å²) in [7, 11) is 0. The minimum absolute atomic E-state index is 0.111. The van der Waals surface area contributed by atoms with E-state index in [0.29, 0.717) is 0 Å². The summed E-state index contributed by atoms with van der Waals surface area (Å²) in [6.07, 6.45) is 6.39. The molecule has 0 bridgehead atoms. The van der Waals surface area contributed by atoms with Crippen molar-refractivity contribution in [2.45, 2.75) is 59.0 Å². The van der Waals surface area contributed by atoms with E-state index < -0.39 is 0 Å². The topological polar surface area (TPSA) is 26.3 Å². The van der Waals surface area contributed by atoms with Crippen LogP contribution in [0.4, 0.5) is 0 Å². The van der Waals surface area contributed by atoms with Crippen molar-refractivity contribution < 1.29 is 9.53 Å². The predicted octanol–water partition coefficient (Wildman–Crippen LogP) is 3.15. The van der Waals surface area contributed by atoms with Gasteiger partial charge in [0, 0.05) is 12.3 Å². The lowest BCUT2D eigenvalue weighted by molar-refractivity contribution is -0.154. The Labute approximate surface area is 92.4 Å². The lowest BCUT2D eigenvalue weighted by Crippen LogP contribution is -2.40. The number of carbonyl (C=O) groups is 1. The summed E-state index contributed by atoms with van der Waals surface area (Å²) in [6.45, 7) is 6.22. The van der Waals surface area contributed by atoms with Gasteiger partial charge in [-0.15, -0.1) is 0 Å². The van der Waals surface area contributed by atoms with Gasteiger partial charge in [0.15, 0.2) is 0 Å². The van der Waals surface area contributed by atoms with E-state index in [-0.39, 0.29) is 17.5 Å². The monoisotopic (exact) mass is 210 g/mol. The highest BCUT2D eigenvalue weighted by Crippen LogP contribution is 2.55. The van der Waals surface area contributed by atoms with Crippen LogP contribution in [0.1, 0.15) is 52.9 Å². The first-order valence-electron chi connectivity index (χ1n) is 6.21. The molecule has 4 unspecified atom stereocenters. The average molecular weight is 210 g/mol. The van der Waals surface area contributed by atoms with E-state index in [1.807, 2.05) is 0 Å². The molecule has 0 aliphatic heterocycles. The number of carbonyl (C=O) groups excluding carboxylic acids is 1. The van der Waals surface area contributed by atoms with Gasteiger partial charge in [-0.25, -0.2) is 0 Å². The zero-order valence-electron chi connectivity index (χ0n) is 10.1. The highest BCUT2D eigenvalue weighted by Gasteiger charge is 2.51. The van der Waals surface area contributed by atoms with Gasteiger partial charge >= 0.3 is 5.97 Å². The lowest BCUT2D eigenvalue weighted by Gasteiger charge is -2.43. The summed E-state index contributed by atoms with van der Waals surface area (Å²) in [5.41, 5.74) is 0.267. The van der Waals surface area contributed by atoms with Gasteiger partial charge in [-0.3, -0.25) is 4.79 Å². The Kier molecular flexibility index (Phi) is 2.78.